The average molecular weight is 249 g/mol. The first-order chi connectivity index (χ1) is 8.04. The van der Waals surface area contributed by atoms with Gasteiger partial charge in [-0.1, -0.05) is 36.2 Å². The highest BCUT2D eigenvalue weighted by Gasteiger charge is 2.13. The Hall–Kier alpha value is -1.28. The highest BCUT2D eigenvalue weighted by molar-refractivity contribution is 6.30. The lowest BCUT2D eigenvalue weighted by Gasteiger charge is -2.08. The van der Waals surface area contributed by atoms with Crippen molar-refractivity contribution in [3.05, 3.63) is 45.7 Å². The first-order valence-electron chi connectivity index (χ1n) is 5.86. The maximum atomic E-state index is 6.34. The first kappa shape index (κ1) is 12.2. The Balaban J connectivity index is 2.60. The van der Waals surface area contributed by atoms with Crippen LogP contribution in [-0.2, 0) is 6.42 Å². The van der Waals surface area contributed by atoms with Gasteiger partial charge in [0.25, 0.3) is 0 Å². The Morgan fingerprint density at radius 3 is 2.47 bits per heavy atom. The van der Waals surface area contributed by atoms with Crippen LogP contribution in [0.1, 0.15) is 29.3 Å². The third-order valence-electron chi connectivity index (χ3n) is 3.06. The quantitative estimate of drug-likeness (QED) is 0.785. The van der Waals surface area contributed by atoms with Crippen molar-refractivity contribution >= 4 is 11.6 Å². The van der Waals surface area contributed by atoms with Gasteiger partial charge in [-0.25, -0.2) is 4.68 Å². The minimum atomic E-state index is 0.716. The Kier molecular flexibility index (Phi) is 3.25. The third-order valence-corrected chi connectivity index (χ3v) is 3.51. The number of aromatic nitrogens is 2. The lowest BCUT2D eigenvalue weighted by Crippen LogP contribution is -2.00. The van der Waals surface area contributed by atoms with Crippen molar-refractivity contribution < 1.29 is 0 Å². The average Bonchev–Trinajstić information content (AvgIpc) is 2.57. The van der Waals surface area contributed by atoms with E-state index in [1.54, 1.807) is 0 Å². The van der Waals surface area contributed by atoms with Gasteiger partial charge in [-0.05, 0) is 38.8 Å². The molecule has 90 valence electrons. The minimum absolute atomic E-state index is 0.716. The molecule has 0 saturated heterocycles. The standard InChI is InChI=1S/C14H17ClN2/c1-5-12-11(4)14(15)17(16-12)13-7-6-9(2)8-10(13)3/h6-8H,5H2,1-4H3. The summed E-state index contributed by atoms with van der Waals surface area (Å²) >= 11 is 6.34. The molecule has 17 heavy (non-hydrogen) atoms. The van der Waals surface area contributed by atoms with Gasteiger partial charge in [-0.3, -0.25) is 0 Å². The van der Waals surface area contributed by atoms with Gasteiger partial charge in [0.15, 0.2) is 0 Å². The highest BCUT2D eigenvalue weighted by atomic mass is 35.5. The summed E-state index contributed by atoms with van der Waals surface area (Å²) in [6, 6.07) is 6.30. The molecular formula is C14H17ClN2. The summed E-state index contributed by atoms with van der Waals surface area (Å²) in [5.41, 5.74) is 5.64. The molecule has 0 unspecified atom stereocenters. The molecular weight excluding hydrogens is 232 g/mol. The van der Waals surface area contributed by atoms with E-state index in [4.69, 9.17) is 11.6 Å². The van der Waals surface area contributed by atoms with Gasteiger partial charge >= 0.3 is 0 Å². The number of benzene rings is 1. The fraction of sp³-hybridized carbons (Fsp3) is 0.357. The Morgan fingerprint density at radius 2 is 1.94 bits per heavy atom. The van der Waals surface area contributed by atoms with Crippen molar-refractivity contribution in [2.75, 3.05) is 0 Å². The summed E-state index contributed by atoms with van der Waals surface area (Å²) in [5, 5.41) is 5.29. The van der Waals surface area contributed by atoms with E-state index < -0.39 is 0 Å². The lowest BCUT2D eigenvalue weighted by molar-refractivity contribution is 0.835. The van der Waals surface area contributed by atoms with Gasteiger partial charge in [-0.2, -0.15) is 5.10 Å². The molecule has 0 spiro atoms. The first-order valence-corrected chi connectivity index (χ1v) is 6.24. The predicted octanol–water partition coefficient (Wildman–Crippen LogP) is 4.01. The van der Waals surface area contributed by atoms with Crippen molar-refractivity contribution in [2.24, 2.45) is 0 Å². The maximum absolute atomic E-state index is 6.34. The molecule has 0 radical (unpaired) electrons. The van der Waals surface area contributed by atoms with E-state index in [1.807, 2.05) is 11.6 Å². The molecule has 0 bridgehead atoms. The Morgan fingerprint density at radius 1 is 1.24 bits per heavy atom. The van der Waals surface area contributed by atoms with Crippen molar-refractivity contribution in [1.29, 1.82) is 0 Å². The normalized spacial score (nSPS) is 10.9. The zero-order valence-corrected chi connectivity index (χ0v) is 11.5. The fourth-order valence-electron chi connectivity index (χ4n) is 2.06. The van der Waals surface area contributed by atoms with E-state index >= 15 is 0 Å². The second-order valence-electron chi connectivity index (χ2n) is 4.42. The van der Waals surface area contributed by atoms with Gasteiger partial charge in [0, 0.05) is 5.56 Å². The molecule has 2 aromatic rings. The molecule has 3 heteroatoms. The van der Waals surface area contributed by atoms with Crippen molar-refractivity contribution in [2.45, 2.75) is 34.1 Å². The number of rotatable bonds is 2. The summed E-state index contributed by atoms with van der Waals surface area (Å²) in [6.45, 7) is 8.29. The van der Waals surface area contributed by atoms with Crippen LogP contribution in [0.2, 0.25) is 5.15 Å². The molecule has 0 aliphatic carbocycles. The molecule has 0 amide bonds. The van der Waals surface area contributed by atoms with E-state index in [-0.39, 0.29) is 0 Å². The second-order valence-corrected chi connectivity index (χ2v) is 4.78. The monoisotopic (exact) mass is 248 g/mol. The second kappa shape index (κ2) is 4.53. The fourth-order valence-corrected chi connectivity index (χ4v) is 2.29. The van der Waals surface area contributed by atoms with E-state index in [1.165, 1.54) is 11.1 Å². The Bertz CT molecular complexity index is 556. The summed E-state index contributed by atoms with van der Waals surface area (Å²) in [5.74, 6) is 0. The molecule has 0 aliphatic rings. The summed E-state index contributed by atoms with van der Waals surface area (Å²) < 4.78 is 1.84. The van der Waals surface area contributed by atoms with Crippen molar-refractivity contribution in [3.63, 3.8) is 0 Å². The molecule has 0 saturated carbocycles. The van der Waals surface area contributed by atoms with Crippen molar-refractivity contribution in [3.8, 4) is 5.69 Å². The molecule has 1 aromatic heterocycles. The van der Waals surface area contributed by atoms with E-state index in [0.717, 1.165) is 23.4 Å². The zero-order chi connectivity index (χ0) is 12.6. The van der Waals surface area contributed by atoms with Crippen LogP contribution < -0.4 is 0 Å². The smallest absolute Gasteiger partial charge is 0.136 e. The number of nitrogens with zero attached hydrogens (tertiary/aromatic N) is 2. The van der Waals surface area contributed by atoms with E-state index in [0.29, 0.717) is 5.15 Å². The zero-order valence-electron chi connectivity index (χ0n) is 10.7. The van der Waals surface area contributed by atoms with Gasteiger partial charge in [0.1, 0.15) is 5.15 Å². The molecule has 0 atom stereocenters. The van der Waals surface area contributed by atoms with Gasteiger partial charge in [0.2, 0.25) is 0 Å². The summed E-state index contributed by atoms with van der Waals surface area (Å²) in [7, 11) is 0. The molecule has 1 heterocycles. The third kappa shape index (κ3) is 2.09. The molecule has 0 fully saturated rings. The number of halogens is 1. The number of hydrogen-bond donors (Lipinski definition) is 0. The molecule has 1 aromatic carbocycles. The summed E-state index contributed by atoms with van der Waals surface area (Å²) in [4.78, 5) is 0. The lowest BCUT2D eigenvalue weighted by atomic mass is 10.1. The van der Waals surface area contributed by atoms with Crippen LogP contribution in [0.25, 0.3) is 5.69 Å². The number of aryl methyl sites for hydroxylation is 3. The van der Waals surface area contributed by atoms with Crippen LogP contribution in [-0.4, -0.2) is 9.78 Å². The van der Waals surface area contributed by atoms with Gasteiger partial charge in [0.05, 0.1) is 11.4 Å². The molecule has 2 rings (SSSR count). The van der Waals surface area contributed by atoms with Gasteiger partial charge in [-0.15, -0.1) is 0 Å². The van der Waals surface area contributed by atoms with E-state index in [2.05, 4.69) is 44.1 Å². The molecule has 0 aliphatic heterocycles. The number of hydrogen-bond acceptors (Lipinski definition) is 1. The molecule has 0 N–H and O–H groups in total. The largest absolute Gasteiger partial charge is 0.221 e. The predicted molar refractivity (Wildman–Crippen MR) is 72.2 cm³/mol. The van der Waals surface area contributed by atoms with Gasteiger partial charge < -0.3 is 0 Å². The van der Waals surface area contributed by atoms with Crippen LogP contribution in [0.5, 0.6) is 0 Å². The molecule has 2 nitrogen and oxygen atoms in total. The topological polar surface area (TPSA) is 17.8 Å². The summed E-state index contributed by atoms with van der Waals surface area (Å²) in [6.07, 6.45) is 0.906. The van der Waals surface area contributed by atoms with E-state index in [9.17, 15) is 0 Å². The van der Waals surface area contributed by atoms with Crippen LogP contribution in [0.4, 0.5) is 0 Å². The van der Waals surface area contributed by atoms with Crippen LogP contribution in [0, 0.1) is 20.8 Å². The van der Waals surface area contributed by atoms with Crippen LogP contribution in [0.15, 0.2) is 18.2 Å². The maximum Gasteiger partial charge on any atom is 0.136 e. The Labute approximate surface area is 107 Å². The van der Waals surface area contributed by atoms with Crippen LogP contribution >= 0.6 is 11.6 Å². The minimum Gasteiger partial charge on any atom is -0.221 e. The highest BCUT2D eigenvalue weighted by Crippen LogP contribution is 2.25. The SMILES string of the molecule is CCc1nn(-c2ccc(C)cc2C)c(Cl)c1C. The van der Waals surface area contributed by atoms with Crippen molar-refractivity contribution in [1.82, 2.24) is 9.78 Å². The van der Waals surface area contributed by atoms with Crippen LogP contribution in [0.3, 0.4) is 0 Å².